The third-order valence-electron chi connectivity index (χ3n) is 5.74. The zero-order chi connectivity index (χ0) is 18.7. The van der Waals surface area contributed by atoms with Crippen molar-refractivity contribution in [2.45, 2.75) is 44.3 Å². The SMILES string of the molecule is NC1CCC(CCN2CCN(c3cccc(C(F)(F)F)c3F)CC2)CC1. The third kappa shape index (κ3) is 4.68. The molecule has 0 radical (unpaired) electrons. The molecule has 26 heavy (non-hydrogen) atoms. The van der Waals surface area contributed by atoms with Crippen LogP contribution in [0.15, 0.2) is 18.2 Å². The molecule has 0 bridgehead atoms. The molecule has 2 aliphatic rings. The minimum atomic E-state index is -4.66. The van der Waals surface area contributed by atoms with Crippen molar-refractivity contribution in [3.63, 3.8) is 0 Å². The van der Waals surface area contributed by atoms with Crippen molar-refractivity contribution >= 4 is 5.69 Å². The minimum Gasteiger partial charge on any atom is -0.367 e. The summed E-state index contributed by atoms with van der Waals surface area (Å²) >= 11 is 0. The zero-order valence-corrected chi connectivity index (χ0v) is 14.9. The van der Waals surface area contributed by atoms with E-state index in [1.54, 1.807) is 4.90 Å². The fourth-order valence-electron chi connectivity index (χ4n) is 4.04. The number of hydrogen-bond donors (Lipinski definition) is 1. The maximum absolute atomic E-state index is 14.3. The summed E-state index contributed by atoms with van der Waals surface area (Å²) in [7, 11) is 0. The number of piperazine rings is 1. The Morgan fingerprint density at radius 3 is 2.27 bits per heavy atom. The van der Waals surface area contributed by atoms with Gasteiger partial charge in [0.1, 0.15) is 0 Å². The van der Waals surface area contributed by atoms with Crippen LogP contribution in [-0.4, -0.2) is 43.7 Å². The van der Waals surface area contributed by atoms with E-state index in [0.29, 0.717) is 19.1 Å². The Labute approximate surface area is 152 Å². The second-order valence-corrected chi connectivity index (χ2v) is 7.53. The average Bonchev–Trinajstić information content (AvgIpc) is 2.61. The van der Waals surface area contributed by atoms with Crippen molar-refractivity contribution in [1.29, 1.82) is 0 Å². The Bertz CT molecular complexity index is 589. The van der Waals surface area contributed by atoms with Crippen LogP contribution >= 0.6 is 0 Å². The Balaban J connectivity index is 1.51. The molecule has 2 N–H and O–H groups in total. The predicted molar refractivity (Wildman–Crippen MR) is 94.6 cm³/mol. The maximum Gasteiger partial charge on any atom is 0.419 e. The van der Waals surface area contributed by atoms with E-state index in [1.807, 2.05) is 0 Å². The molecule has 0 spiro atoms. The van der Waals surface area contributed by atoms with E-state index in [0.717, 1.165) is 50.9 Å². The number of halogens is 4. The third-order valence-corrected chi connectivity index (χ3v) is 5.74. The summed E-state index contributed by atoms with van der Waals surface area (Å²) in [6.45, 7) is 3.60. The quantitative estimate of drug-likeness (QED) is 0.813. The number of rotatable bonds is 4. The van der Waals surface area contributed by atoms with Crippen LogP contribution < -0.4 is 10.6 Å². The van der Waals surface area contributed by atoms with Crippen molar-refractivity contribution in [2.24, 2.45) is 11.7 Å². The summed E-state index contributed by atoms with van der Waals surface area (Å²) in [5.41, 5.74) is 4.81. The van der Waals surface area contributed by atoms with Gasteiger partial charge in [0.15, 0.2) is 5.82 Å². The van der Waals surface area contributed by atoms with Gasteiger partial charge in [0.25, 0.3) is 0 Å². The minimum absolute atomic E-state index is 0.0562. The van der Waals surface area contributed by atoms with E-state index in [4.69, 9.17) is 5.73 Å². The van der Waals surface area contributed by atoms with Gasteiger partial charge in [-0.2, -0.15) is 13.2 Å². The lowest BCUT2D eigenvalue weighted by Gasteiger charge is -2.37. The number of nitrogens with two attached hydrogens (primary N) is 1. The van der Waals surface area contributed by atoms with Crippen molar-refractivity contribution in [2.75, 3.05) is 37.6 Å². The van der Waals surface area contributed by atoms with E-state index in [1.165, 1.54) is 25.0 Å². The summed E-state index contributed by atoms with van der Waals surface area (Å²) in [6, 6.07) is 3.87. The Morgan fingerprint density at radius 2 is 1.65 bits per heavy atom. The smallest absolute Gasteiger partial charge is 0.367 e. The van der Waals surface area contributed by atoms with Gasteiger partial charge in [0.05, 0.1) is 11.3 Å². The van der Waals surface area contributed by atoms with Crippen LogP contribution in [0.2, 0.25) is 0 Å². The number of hydrogen-bond acceptors (Lipinski definition) is 3. The standard InChI is InChI=1S/C19H27F4N3/c20-18-16(19(21,22)23)2-1-3-17(18)26-12-10-25(11-13-26)9-8-14-4-6-15(24)7-5-14/h1-3,14-15H,4-13,24H2. The van der Waals surface area contributed by atoms with E-state index < -0.39 is 17.6 Å². The van der Waals surface area contributed by atoms with Crippen LogP contribution in [0.5, 0.6) is 0 Å². The van der Waals surface area contributed by atoms with Gasteiger partial charge in [-0.25, -0.2) is 4.39 Å². The van der Waals surface area contributed by atoms with E-state index >= 15 is 0 Å². The molecule has 146 valence electrons. The lowest BCUT2D eigenvalue weighted by atomic mass is 9.84. The molecule has 0 amide bonds. The highest BCUT2D eigenvalue weighted by molar-refractivity contribution is 5.51. The normalized spacial score (nSPS) is 25.5. The molecule has 1 heterocycles. The summed E-state index contributed by atoms with van der Waals surface area (Å²) in [4.78, 5) is 4.05. The van der Waals surface area contributed by atoms with Crippen LogP contribution in [0.3, 0.4) is 0 Å². The molecule has 1 aromatic carbocycles. The Hall–Kier alpha value is -1.34. The Morgan fingerprint density at radius 1 is 1.00 bits per heavy atom. The van der Waals surface area contributed by atoms with Crippen molar-refractivity contribution in [1.82, 2.24) is 4.90 Å². The lowest BCUT2D eigenvalue weighted by molar-refractivity contribution is -0.139. The first-order valence-corrected chi connectivity index (χ1v) is 9.43. The van der Waals surface area contributed by atoms with Gasteiger partial charge < -0.3 is 10.6 Å². The average molecular weight is 373 g/mol. The molecule has 3 rings (SSSR count). The number of benzene rings is 1. The number of nitrogens with zero attached hydrogens (tertiary/aromatic N) is 2. The van der Waals surface area contributed by atoms with Crippen LogP contribution in [0.4, 0.5) is 23.2 Å². The van der Waals surface area contributed by atoms with Gasteiger partial charge in [-0.05, 0) is 56.7 Å². The van der Waals surface area contributed by atoms with Crippen molar-refractivity contribution in [3.05, 3.63) is 29.6 Å². The van der Waals surface area contributed by atoms with E-state index in [9.17, 15) is 17.6 Å². The topological polar surface area (TPSA) is 32.5 Å². The molecule has 0 aromatic heterocycles. The van der Waals surface area contributed by atoms with Gasteiger partial charge in [0.2, 0.25) is 0 Å². The molecule has 1 saturated carbocycles. The van der Waals surface area contributed by atoms with Gasteiger partial charge in [0, 0.05) is 32.2 Å². The predicted octanol–water partition coefficient (Wildman–Crippen LogP) is 3.87. The van der Waals surface area contributed by atoms with Crippen LogP contribution in [0.25, 0.3) is 0 Å². The summed E-state index contributed by atoms with van der Waals surface area (Å²) in [5, 5.41) is 0. The highest BCUT2D eigenvalue weighted by Crippen LogP contribution is 2.35. The summed E-state index contributed by atoms with van der Waals surface area (Å²) in [6.07, 6.45) is 1.07. The molecule has 1 saturated heterocycles. The summed E-state index contributed by atoms with van der Waals surface area (Å²) in [5.74, 6) is -0.430. The first kappa shape index (κ1) is 19.4. The zero-order valence-electron chi connectivity index (χ0n) is 14.9. The summed E-state index contributed by atoms with van der Waals surface area (Å²) < 4.78 is 52.9. The molecular formula is C19H27F4N3. The monoisotopic (exact) mass is 373 g/mol. The van der Waals surface area contributed by atoms with Gasteiger partial charge in [-0.1, -0.05) is 6.07 Å². The van der Waals surface area contributed by atoms with Crippen LogP contribution in [0.1, 0.15) is 37.7 Å². The van der Waals surface area contributed by atoms with Crippen molar-refractivity contribution in [3.8, 4) is 0 Å². The molecule has 0 atom stereocenters. The van der Waals surface area contributed by atoms with Crippen LogP contribution in [0, 0.1) is 11.7 Å². The maximum atomic E-state index is 14.3. The van der Waals surface area contributed by atoms with Crippen molar-refractivity contribution < 1.29 is 17.6 Å². The number of alkyl halides is 3. The largest absolute Gasteiger partial charge is 0.419 e. The molecule has 2 fully saturated rings. The molecule has 1 aliphatic heterocycles. The molecule has 1 aromatic rings. The second kappa shape index (κ2) is 8.13. The Kier molecular flexibility index (Phi) is 6.07. The molecule has 1 aliphatic carbocycles. The fourth-order valence-corrected chi connectivity index (χ4v) is 4.04. The lowest BCUT2D eigenvalue weighted by Crippen LogP contribution is -2.47. The van der Waals surface area contributed by atoms with Crippen LogP contribution in [-0.2, 0) is 6.18 Å². The first-order chi connectivity index (χ1) is 12.3. The van der Waals surface area contributed by atoms with Gasteiger partial charge >= 0.3 is 6.18 Å². The van der Waals surface area contributed by atoms with E-state index in [2.05, 4.69) is 4.90 Å². The highest BCUT2D eigenvalue weighted by Gasteiger charge is 2.35. The highest BCUT2D eigenvalue weighted by atomic mass is 19.4. The van der Waals surface area contributed by atoms with Gasteiger partial charge in [-0.15, -0.1) is 0 Å². The molecular weight excluding hydrogens is 346 g/mol. The molecule has 7 heteroatoms. The van der Waals surface area contributed by atoms with Gasteiger partial charge in [-0.3, -0.25) is 4.90 Å². The second-order valence-electron chi connectivity index (χ2n) is 7.53. The molecule has 3 nitrogen and oxygen atoms in total. The first-order valence-electron chi connectivity index (χ1n) is 9.43. The molecule has 0 unspecified atom stereocenters. The number of anilines is 1. The fraction of sp³-hybridized carbons (Fsp3) is 0.684. The van der Waals surface area contributed by atoms with E-state index in [-0.39, 0.29) is 5.69 Å².